The van der Waals surface area contributed by atoms with Gasteiger partial charge in [-0.15, -0.1) is 0 Å². The van der Waals surface area contributed by atoms with Crippen LogP contribution in [0.1, 0.15) is 12.8 Å². The number of benzene rings is 1. The number of rotatable bonds is 4. The number of nitrogens with zero attached hydrogens (tertiary/aromatic N) is 2. The number of anilines is 1. The Hall–Kier alpha value is -1.46. The maximum absolute atomic E-state index is 4.38. The van der Waals surface area contributed by atoms with Crippen LogP contribution in [0.2, 0.25) is 0 Å². The molecule has 1 saturated heterocycles. The van der Waals surface area contributed by atoms with Crippen LogP contribution in [0, 0.1) is 0 Å². The third kappa shape index (κ3) is 3.35. The van der Waals surface area contributed by atoms with Gasteiger partial charge in [0.2, 0.25) is 5.95 Å². The van der Waals surface area contributed by atoms with Gasteiger partial charge < -0.3 is 10.6 Å². The van der Waals surface area contributed by atoms with Crippen molar-refractivity contribution < 1.29 is 0 Å². The zero-order chi connectivity index (χ0) is 13.8. The fraction of sp³-hybridized carbons (Fsp3) is 0.333. The molecule has 1 unspecified atom stereocenters. The first kappa shape index (κ1) is 13.5. The highest BCUT2D eigenvalue weighted by Gasteiger charge is 2.13. The summed E-state index contributed by atoms with van der Waals surface area (Å²) in [6.45, 7) is 2.01. The number of nitrogens with one attached hydrogen (secondary N) is 2. The predicted octanol–water partition coefficient (Wildman–Crippen LogP) is 3.07. The lowest BCUT2D eigenvalue weighted by molar-refractivity contribution is 0.631. The van der Waals surface area contributed by atoms with E-state index in [1.807, 2.05) is 24.5 Å². The van der Waals surface area contributed by atoms with Gasteiger partial charge in [-0.2, -0.15) is 0 Å². The van der Waals surface area contributed by atoms with Crippen LogP contribution in [0.4, 0.5) is 5.95 Å². The van der Waals surface area contributed by atoms with Gasteiger partial charge >= 0.3 is 0 Å². The number of hydrogen-bond acceptors (Lipinski definition) is 4. The van der Waals surface area contributed by atoms with Crippen molar-refractivity contribution in [3.8, 4) is 11.1 Å². The Bertz CT molecular complexity index is 564. The SMILES string of the molecule is Brc1cccc(-c2cnc(NCC3CCCN3)nc2)c1. The second-order valence-corrected chi connectivity index (χ2v) is 5.90. The summed E-state index contributed by atoms with van der Waals surface area (Å²) in [7, 11) is 0. The average molecular weight is 333 g/mol. The fourth-order valence-electron chi connectivity index (χ4n) is 2.38. The monoisotopic (exact) mass is 332 g/mol. The molecule has 2 N–H and O–H groups in total. The lowest BCUT2D eigenvalue weighted by atomic mass is 10.1. The van der Waals surface area contributed by atoms with Gasteiger partial charge in [0, 0.05) is 35.0 Å². The van der Waals surface area contributed by atoms with Crippen LogP contribution in [-0.2, 0) is 0 Å². The lowest BCUT2D eigenvalue weighted by Crippen LogP contribution is -2.29. The van der Waals surface area contributed by atoms with E-state index in [9.17, 15) is 0 Å². The first-order chi connectivity index (χ1) is 9.81. The summed E-state index contributed by atoms with van der Waals surface area (Å²) in [5.41, 5.74) is 2.14. The smallest absolute Gasteiger partial charge is 0.222 e. The Balaban J connectivity index is 1.65. The molecule has 1 aromatic carbocycles. The van der Waals surface area contributed by atoms with E-state index in [1.54, 1.807) is 0 Å². The molecule has 0 aliphatic carbocycles. The van der Waals surface area contributed by atoms with Crippen LogP contribution in [-0.4, -0.2) is 29.1 Å². The van der Waals surface area contributed by atoms with Crippen molar-refractivity contribution in [2.24, 2.45) is 0 Å². The number of aromatic nitrogens is 2. The molecule has 5 heteroatoms. The normalized spacial score (nSPS) is 18.1. The Morgan fingerprint density at radius 3 is 2.80 bits per heavy atom. The summed E-state index contributed by atoms with van der Waals surface area (Å²) in [5.74, 6) is 0.692. The van der Waals surface area contributed by atoms with E-state index in [2.05, 4.69) is 48.7 Å². The van der Waals surface area contributed by atoms with E-state index < -0.39 is 0 Å². The maximum Gasteiger partial charge on any atom is 0.222 e. The quantitative estimate of drug-likeness (QED) is 0.903. The minimum Gasteiger partial charge on any atom is -0.353 e. The predicted molar refractivity (Wildman–Crippen MR) is 84.7 cm³/mol. The van der Waals surface area contributed by atoms with Crippen molar-refractivity contribution in [3.05, 3.63) is 41.1 Å². The van der Waals surface area contributed by atoms with Crippen LogP contribution in [0.5, 0.6) is 0 Å². The van der Waals surface area contributed by atoms with Gasteiger partial charge in [0.25, 0.3) is 0 Å². The molecule has 1 atom stereocenters. The molecule has 0 bridgehead atoms. The second kappa shape index (κ2) is 6.33. The molecule has 104 valence electrons. The highest BCUT2D eigenvalue weighted by Crippen LogP contribution is 2.22. The van der Waals surface area contributed by atoms with E-state index >= 15 is 0 Å². The van der Waals surface area contributed by atoms with E-state index in [1.165, 1.54) is 12.8 Å². The van der Waals surface area contributed by atoms with Crippen LogP contribution in [0.15, 0.2) is 41.1 Å². The summed E-state index contributed by atoms with van der Waals surface area (Å²) in [6, 6.07) is 8.68. The van der Waals surface area contributed by atoms with Crippen molar-refractivity contribution in [1.29, 1.82) is 0 Å². The van der Waals surface area contributed by atoms with Crippen molar-refractivity contribution in [2.75, 3.05) is 18.4 Å². The zero-order valence-electron chi connectivity index (χ0n) is 11.1. The first-order valence-corrected chi connectivity index (χ1v) is 7.66. The molecule has 0 spiro atoms. The van der Waals surface area contributed by atoms with Crippen LogP contribution in [0.3, 0.4) is 0 Å². The topological polar surface area (TPSA) is 49.8 Å². The molecule has 1 aliphatic heterocycles. The summed E-state index contributed by atoms with van der Waals surface area (Å²) in [6.07, 6.45) is 6.20. The van der Waals surface area contributed by atoms with E-state index in [0.29, 0.717) is 12.0 Å². The number of hydrogen-bond donors (Lipinski definition) is 2. The highest BCUT2D eigenvalue weighted by molar-refractivity contribution is 9.10. The molecule has 1 fully saturated rings. The largest absolute Gasteiger partial charge is 0.353 e. The summed E-state index contributed by atoms with van der Waals surface area (Å²) in [5, 5.41) is 6.73. The Morgan fingerprint density at radius 2 is 2.10 bits per heavy atom. The molecule has 2 heterocycles. The molecule has 1 aliphatic rings. The maximum atomic E-state index is 4.38. The minimum absolute atomic E-state index is 0.545. The molecule has 0 saturated carbocycles. The van der Waals surface area contributed by atoms with Crippen LogP contribution < -0.4 is 10.6 Å². The van der Waals surface area contributed by atoms with Crippen LogP contribution >= 0.6 is 15.9 Å². The van der Waals surface area contributed by atoms with Gasteiger partial charge in [0.1, 0.15) is 0 Å². The fourth-order valence-corrected chi connectivity index (χ4v) is 2.78. The van der Waals surface area contributed by atoms with Gasteiger partial charge in [-0.25, -0.2) is 9.97 Å². The molecule has 4 nitrogen and oxygen atoms in total. The molecule has 0 amide bonds. The van der Waals surface area contributed by atoms with E-state index in [4.69, 9.17) is 0 Å². The second-order valence-electron chi connectivity index (χ2n) is 4.98. The van der Waals surface area contributed by atoms with Crippen molar-refractivity contribution in [2.45, 2.75) is 18.9 Å². The number of halogens is 1. The molecule has 3 rings (SSSR count). The summed E-state index contributed by atoms with van der Waals surface area (Å²) in [4.78, 5) is 8.76. The molecule has 20 heavy (non-hydrogen) atoms. The highest BCUT2D eigenvalue weighted by atomic mass is 79.9. The molecular formula is C15H17BrN4. The van der Waals surface area contributed by atoms with Gasteiger partial charge in [-0.1, -0.05) is 28.1 Å². The van der Waals surface area contributed by atoms with Gasteiger partial charge in [-0.05, 0) is 37.1 Å². The molecule has 0 radical (unpaired) electrons. The standard InChI is InChI=1S/C15H17BrN4/c16-13-4-1-3-11(7-13)12-8-18-15(19-9-12)20-10-14-5-2-6-17-14/h1,3-4,7-9,14,17H,2,5-6,10H2,(H,18,19,20). The summed E-state index contributed by atoms with van der Waals surface area (Å²) >= 11 is 3.48. The average Bonchev–Trinajstić information content (AvgIpc) is 2.99. The van der Waals surface area contributed by atoms with Crippen molar-refractivity contribution >= 4 is 21.9 Å². The van der Waals surface area contributed by atoms with Gasteiger partial charge in [-0.3, -0.25) is 0 Å². The van der Waals surface area contributed by atoms with E-state index in [-0.39, 0.29) is 0 Å². The Kier molecular flexibility index (Phi) is 4.28. The van der Waals surface area contributed by atoms with Gasteiger partial charge in [0.05, 0.1) is 0 Å². The summed E-state index contributed by atoms with van der Waals surface area (Å²) < 4.78 is 1.06. The zero-order valence-corrected chi connectivity index (χ0v) is 12.7. The third-order valence-corrected chi connectivity index (χ3v) is 3.97. The van der Waals surface area contributed by atoms with Crippen molar-refractivity contribution in [3.63, 3.8) is 0 Å². The molecular weight excluding hydrogens is 316 g/mol. The minimum atomic E-state index is 0.545. The lowest BCUT2D eigenvalue weighted by Gasteiger charge is -2.11. The van der Waals surface area contributed by atoms with Crippen LogP contribution in [0.25, 0.3) is 11.1 Å². The van der Waals surface area contributed by atoms with Gasteiger partial charge in [0.15, 0.2) is 0 Å². The first-order valence-electron chi connectivity index (χ1n) is 6.86. The Morgan fingerprint density at radius 1 is 1.25 bits per heavy atom. The Labute approximate surface area is 127 Å². The van der Waals surface area contributed by atoms with E-state index in [0.717, 1.165) is 28.7 Å². The van der Waals surface area contributed by atoms with Crippen molar-refractivity contribution in [1.82, 2.24) is 15.3 Å². The third-order valence-electron chi connectivity index (χ3n) is 3.48. The molecule has 2 aromatic rings. The molecule has 1 aromatic heterocycles.